The highest BCUT2D eigenvalue weighted by Crippen LogP contribution is 2.33. The Morgan fingerprint density at radius 1 is 0.946 bits per heavy atom. The molecule has 0 N–H and O–H groups in total. The van der Waals surface area contributed by atoms with Crippen LogP contribution >= 0.6 is 11.3 Å². The van der Waals surface area contributed by atoms with Gasteiger partial charge in [-0.15, -0.1) is 0 Å². The molecule has 1 amide bonds. The minimum Gasteiger partial charge on any atom is -0.308 e. The second-order valence-electron chi connectivity index (χ2n) is 10.8. The lowest BCUT2D eigenvalue weighted by atomic mass is 10.1. The molecule has 0 fully saturated rings. The average molecular weight is 545 g/mol. The van der Waals surface area contributed by atoms with E-state index in [0.717, 1.165) is 21.3 Å². The number of nitrogens with zero attached hydrogens (tertiary/aromatic N) is 4. The van der Waals surface area contributed by atoms with E-state index in [1.165, 1.54) is 11.3 Å². The zero-order chi connectivity index (χ0) is 27.5. The Hall–Kier alpha value is -2.33. The zero-order valence-electron chi connectivity index (χ0n) is 23.3. The van der Waals surface area contributed by atoms with Crippen LogP contribution in [0.5, 0.6) is 0 Å². The van der Waals surface area contributed by atoms with E-state index in [-0.39, 0.29) is 22.6 Å². The predicted molar refractivity (Wildman–Crippen MR) is 154 cm³/mol. The number of sulfonamides is 1. The first-order chi connectivity index (χ1) is 17.3. The number of carbonyl (C=O) groups excluding carboxylic acids is 1. The number of carbonyl (C=O) groups is 1. The number of amides is 1. The maximum atomic E-state index is 13.7. The molecule has 9 heteroatoms. The first-order valence-corrected chi connectivity index (χ1v) is 15.0. The van der Waals surface area contributed by atoms with E-state index in [0.29, 0.717) is 36.9 Å². The van der Waals surface area contributed by atoms with Gasteiger partial charge in [0.25, 0.3) is 5.91 Å². The fourth-order valence-corrected chi connectivity index (χ4v) is 7.03. The highest BCUT2D eigenvalue weighted by atomic mass is 32.2. The van der Waals surface area contributed by atoms with Gasteiger partial charge in [0.05, 0.1) is 15.1 Å². The Balaban J connectivity index is 1.94. The van der Waals surface area contributed by atoms with E-state index >= 15 is 0 Å². The summed E-state index contributed by atoms with van der Waals surface area (Å²) in [5.74, 6) is 0.224. The number of likely N-dealkylation sites (N-methyl/N-ethyl adjacent to an activating group) is 1. The van der Waals surface area contributed by atoms with Crippen LogP contribution in [-0.4, -0.2) is 68.8 Å². The monoisotopic (exact) mass is 544 g/mol. The summed E-state index contributed by atoms with van der Waals surface area (Å²) in [5, 5.41) is 0.646. The molecule has 0 unspecified atom stereocenters. The molecule has 37 heavy (non-hydrogen) atoms. The van der Waals surface area contributed by atoms with Crippen molar-refractivity contribution in [1.82, 2.24) is 14.2 Å². The van der Waals surface area contributed by atoms with Crippen molar-refractivity contribution in [3.8, 4) is 0 Å². The lowest BCUT2D eigenvalue weighted by Gasteiger charge is -2.26. The van der Waals surface area contributed by atoms with Crippen LogP contribution in [0.15, 0.2) is 41.3 Å². The van der Waals surface area contributed by atoms with Gasteiger partial charge in [-0.05, 0) is 81.2 Å². The molecule has 0 aliphatic rings. The number of anilines is 1. The van der Waals surface area contributed by atoms with Crippen molar-refractivity contribution < 1.29 is 13.2 Å². The average Bonchev–Trinajstić information content (AvgIpc) is 3.22. The zero-order valence-corrected chi connectivity index (χ0v) is 24.9. The van der Waals surface area contributed by atoms with Gasteiger partial charge >= 0.3 is 0 Å². The molecule has 0 spiro atoms. The number of hydrogen-bond donors (Lipinski definition) is 0. The molecule has 0 radical (unpaired) electrons. The molecule has 202 valence electrons. The van der Waals surface area contributed by atoms with Crippen LogP contribution in [0.25, 0.3) is 10.2 Å². The van der Waals surface area contributed by atoms with Gasteiger partial charge in [0, 0.05) is 31.7 Å². The first-order valence-electron chi connectivity index (χ1n) is 12.7. The third-order valence-corrected chi connectivity index (χ3v) is 9.01. The topological polar surface area (TPSA) is 73.8 Å². The Bertz CT molecular complexity index is 1320. The van der Waals surface area contributed by atoms with Crippen LogP contribution in [0.2, 0.25) is 0 Å². The smallest absolute Gasteiger partial charge is 0.260 e. The van der Waals surface area contributed by atoms with Gasteiger partial charge in [0.1, 0.15) is 0 Å². The molecule has 0 bridgehead atoms. The lowest BCUT2D eigenvalue weighted by Crippen LogP contribution is -2.37. The standard InChI is InChI=1S/C28H40N4O3S2/c1-19(2)17-31(18-20(3)4)37(34,35)24-11-9-23(10-12-24)27(33)32(14-13-30(7)8)28-29-25-16-21(5)15-22(6)26(25)36-28/h9-12,15-16,19-20H,13-14,17-18H2,1-8H3. The summed E-state index contributed by atoms with van der Waals surface area (Å²) in [6.45, 7) is 14.2. The Labute approximate surface area is 226 Å². The number of fused-ring (bicyclic) bond motifs is 1. The summed E-state index contributed by atoms with van der Waals surface area (Å²) in [7, 11) is 0.271. The molecular formula is C28H40N4O3S2. The van der Waals surface area contributed by atoms with E-state index in [1.54, 1.807) is 33.5 Å². The normalized spacial score (nSPS) is 12.4. The van der Waals surface area contributed by atoms with E-state index in [9.17, 15) is 13.2 Å². The summed E-state index contributed by atoms with van der Waals surface area (Å²) >= 11 is 1.51. The molecule has 3 rings (SSSR count). The van der Waals surface area contributed by atoms with Gasteiger partial charge in [0.15, 0.2) is 5.13 Å². The fraction of sp³-hybridized carbons (Fsp3) is 0.500. The van der Waals surface area contributed by atoms with E-state index in [4.69, 9.17) is 4.98 Å². The van der Waals surface area contributed by atoms with Crippen LogP contribution in [0.3, 0.4) is 0 Å². The van der Waals surface area contributed by atoms with Crippen LogP contribution in [0.1, 0.15) is 49.2 Å². The van der Waals surface area contributed by atoms with Crippen molar-refractivity contribution in [2.45, 2.75) is 46.4 Å². The van der Waals surface area contributed by atoms with Crippen LogP contribution in [0.4, 0.5) is 5.13 Å². The molecule has 0 saturated carbocycles. The van der Waals surface area contributed by atoms with Crippen molar-refractivity contribution >= 4 is 42.6 Å². The minimum absolute atomic E-state index is 0.194. The number of aryl methyl sites for hydroxylation is 2. The SMILES string of the molecule is Cc1cc(C)c2sc(N(CCN(C)C)C(=O)c3ccc(S(=O)(=O)N(CC(C)C)CC(C)C)cc3)nc2c1. The lowest BCUT2D eigenvalue weighted by molar-refractivity contribution is 0.0985. The molecule has 7 nitrogen and oxygen atoms in total. The summed E-state index contributed by atoms with van der Waals surface area (Å²) < 4.78 is 29.4. The molecular weight excluding hydrogens is 504 g/mol. The van der Waals surface area contributed by atoms with E-state index in [1.807, 2.05) is 59.7 Å². The highest BCUT2D eigenvalue weighted by molar-refractivity contribution is 7.89. The maximum absolute atomic E-state index is 13.7. The van der Waals surface area contributed by atoms with Crippen molar-refractivity contribution in [3.63, 3.8) is 0 Å². The summed E-state index contributed by atoms with van der Waals surface area (Å²) in [4.78, 5) is 22.4. The van der Waals surface area contributed by atoms with E-state index in [2.05, 4.69) is 13.0 Å². The van der Waals surface area contributed by atoms with Gasteiger partial charge in [-0.1, -0.05) is 45.1 Å². The minimum atomic E-state index is -3.66. The number of aromatic nitrogens is 1. The summed E-state index contributed by atoms with van der Waals surface area (Å²) in [6, 6.07) is 10.5. The maximum Gasteiger partial charge on any atom is 0.260 e. The van der Waals surface area contributed by atoms with Gasteiger partial charge in [-0.3, -0.25) is 9.69 Å². The molecule has 0 atom stereocenters. The van der Waals surface area contributed by atoms with Crippen molar-refractivity contribution in [3.05, 3.63) is 53.1 Å². The van der Waals surface area contributed by atoms with Gasteiger partial charge < -0.3 is 4.90 Å². The molecule has 1 aromatic heterocycles. The quantitative estimate of drug-likeness (QED) is 0.322. The van der Waals surface area contributed by atoms with E-state index < -0.39 is 10.0 Å². The summed E-state index contributed by atoms with van der Waals surface area (Å²) in [6.07, 6.45) is 0. The molecule has 1 heterocycles. The second kappa shape index (κ2) is 12.0. The first kappa shape index (κ1) is 29.2. The largest absolute Gasteiger partial charge is 0.308 e. The Morgan fingerprint density at radius 3 is 2.08 bits per heavy atom. The Kier molecular flexibility index (Phi) is 9.50. The molecule has 0 aliphatic heterocycles. The van der Waals surface area contributed by atoms with Crippen molar-refractivity contribution in [2.75, 3.05) is 45.2 Å². The van der Waals surface area contributed by atoms with Crippen molar-refractivity contribution in [2.24, 2.45) is 11.8 Å². The Morgan fingerprint density at radius 2 is 1.54 bits per heavy atom. The number of thiazole rings is 1. The summed E-state index contributed by atoms with van der Waals surface area (Å²) in [5.41, 5.74) is 3.59. The number of rotatable bonds is 11. The third-order valence-electron chi connectivity index (χ3n) is 5.93. The van der Waals surface area contributed by atoms with Crippen LogP contribution in [-0.2, 0) is 10.0 Å². The van der Waals surface area contributed by atoms with Crippen LogP contribution in [0, 0.1) is 25.7 Å². The van der Waals surface area contributed by atoms with Crippen molar-refractivity contribution in [1.29, 1.82) is 0 Å². The number of benzene rings is 2. The molecule has 0 aliphatic carbocycles. The van der Waals surface area contributed by atoms with Gasteiger partial charge in [0.2, 0.25) is 10.0 Å². The molecule has 0 saturated heterocycles. The fourth-order valence-electron chi connectivity index (χ4n) is 4.22. The number of hydrogen-bond acceptors (Lipinski definition) is 6. The molecule has 2 aromatic carbocycles. The highest BCUT2D eigenvalue weighted by Gasteiger charge is 2.27. The second-order valence-corrected chi connectivity index (χ2v) is 13.7. The van der Waals surface area contributed by atoms with Gasteiger partial charge in [-0.25, -0.2) is 13.4 Å². The van der Waals surface area contributed by atoms with Gasteiger partial charge in [-0.2, -0.15) is 4.31 Å². The molecule has 3 aromatic rings. The predicted octanol–water partition coefficient (Wildman–Crippen LogP) is 5.42. The van der Waals surface area contributed by atoms with Crippen LogP contribution < -0.4 is 4.90 Å². The third kappa shape index (κ3) is 7.16.